The van der Waals surface area contributed by atoms with Crippen LogP contribution in [0, 0.1) is 5.92 Å². The van der Waals surface area contributed by atoms with Crippen LogP contribution >= 0.6 is 11.6 Å². The standard InChI is InChI=1S/C16H24ClN3O/c1-20(2)15-7-6-13(17)10-14(15)19-16(21)8-5-12-4-3-9-18-11-12/h6-7,10,12,18H,3-5,8-9,11H2,1-2H3,(H,19,21). The van der Waals surface area contributed by atoms with Crippen molar-refractivity contribution in [3.05, 3.63) is 23.2 Å². The molecule has 1 aliphatic rings. The lowest BCUT2D eigenvalue weighted by Gasteiger charge is -2.22. The van der Waals surface area contributed by atoms with E-state index in [0.29, 0.717) is 17.4 Å². The Kier molecular flexibility index (Phi) is 5.88. The highest BCUT2D eigenvalue weighted by molar-refractivity contribution is 6.31. The number of nitrogens with zero attached hydrogens (tertiary/aromatic N) is 1. The highest BCUT2D eigenvalue weighted by Crippen LogP contribution is 2.28. The summed E-state index contributed by atoms with van der Waals surface area (Å²) in [5.41, 5.74) is 1.74. The molecule has 1 aromatic carbocycles. The number of anilines is 2. The van der Waals surface area contributed by atoms with E-state index < -0.39 is 0 Å². The van der Waals surface area contributed by atoms with Gasteiger partial charge in [-0.05, 0) is 56.5 Å². The molecule has 1 atom stereocenters. The van der Waals surface area contributed by atoms with Crippen molar-refractivity contribution in [2.24, 2.45) is 5.92 Å². The van der Waals surface area contributed by atoms with Crippen molar-refractivity contribution in [1.82, 2.24) is 5.32 Å². The van der Waals surface area contributed by atoms with E-state index in [2.05, 4.69) is 10.6 Å². The van der Waals surface area contributed by atoms with Gasteiger partial charge in [-0.15, -0.1) is 0 Å². The zero-order valence-corrected chi connectivity index (χ0v) is 13.5. The minimum Gasteiger partial charge on any atom is -0.376 e. The number of hydrogen-bond donors (Lipinski definition) is 2. The Bertz CT molecular complexity index is 484. The molecule has 0 bridgehead atoms. The maximum Gasteiger partial charge on any atom is 0.224 e. The van der Waals surface area contributed by atoms with Gasteiger partial charge in [0.1, 0.15) is 0 Å². The summed E-state index contributed by atoms with van der Waals surface area (Å²) in [4.78, 5) is 14.1. The van der Waals surface area contributed by atoms with Crippen LogP contribution in [0.15, 0.2) is 18.2 Å². The average molecular weight is 310 g/mol. The van der Waals surface area contributed by atoms with Crippen LogP contribution in [0.4, 0.5) is 11.4 Å². The second kappa shape index (κ2) is 7.66. The van der Waals surface area contributed by atoms with Gasteiger partial charge in [0.15, 0.2) is 0 Å². The summed E-state index contributed by atoms with van der Waals surface area (Å²) in [6, 6.07) is 5.56. The predicted octanol–water partition coefficient (Wildman–Crippen LogP) is 3.12. The maximum absolute atomic E-state index is 12.1. The van der Waals surface area contributed by atoms with Crippen molar-refractivity contribution < 1.29 is 4.79 Å². The zero-order chi connectivity index (χ0) is 15.2. The van der Waals surface area contributed by atoms with Crippen molar-refractivity contribution in [2.45, 2.75) is 25.7 Å². The molecule has 1 unspecified atom stereocenters. The van der Waals surface area contributed by atoms with Gasteiger partial charge in [0, 0.05) is 25.5 Å². The molecule has 1 amide bonds. The predicted molar refractivity (Wildman–Crippen MR) is 89.2 cm³/mol. The van der Waals surface area contributed by atoms with E-state index in [9.17, 15) is 4.79 Å². The number of halogens is 1. The Hall–Kier alpha value is -1.26. The largest absolute Gasteiger partial charge is 0.376 e. The number of piperidine rings is 1. The SMILES string of the molecule is CN(C)c1ccc(Cl)cc1NC(=O)CCC1CCCNC1. The minimum atomic E-state index is 0.0611. The van der Waals surface area contributed by atoms with Crippen molar-refractivity contribution >= 4 is 28.9 Å². The van der Waals surface area contributed by atoms with Gasteiger partial charge in [-0.3, -0.25) is 4.79 Å². The van der Waals surface area contributed by atoms with E-state index in [4.69, 9.17) is 11.6 Å². The third-order valence-electron chi connectivity index (χ3n) is 3.89. The second-order valence-electron chi connectivity index (χ2n) is 5.86. The van der Waals surface area contributed by atoms with Crippen molar-refractivity contribution in [3.8, 4) is 0 Å². The molecular weight excluding hydrogens is 286 g/mol. The van der Waals surface area contributed by atoms with Gasteiger partial charge in [0.05, 0.1) is 11.4 Å². The molecule has 0 spiro atoms. The Balaban J connectivity index is 1.91. The van der Waals surface area contributed by atoms with E-state index in [1.807, 2.05) is 31.1 Å². The fourth-order valence-electron chi connectivity index (χ4n) is 2.72. The van der Waals surface area contributed by atoms with Crippen LogP contribution in [0.3, 0.4) is 0 Å². The fraction of sp³-hybridized carbons (Fsp3) is 0.562. The second-order valence-corrected chi connectivity index (χ2v) is 6.29. The first kappa shape index (κ1) is 16.1. The Morgan fingerprint density at radius 3 is 2.95 bits per heavy atom. The summed E-state index contributed by atoms with van der Waals surface area (Å²) < 4.78 is 0. The fourth-order valence-corrected chi connectivity index (χ4v) is 2.89. The van der Waals surface area contributed by atoms with E-state index in [-0.39, 0.29) is 5.91 Å². The number of nitrogens with one attached hydrogen (secondary N) is 2. The molecule has 21 heavy (non-hydrogen) atoms. The van der Waals surface area contributed by atoms with Gasteiger partial charge >= 0.3 is 0 Å². The van der Waals surface area contributed by atoms with Gasteiger partial charge in [-0.2, -0.15) is 0 Å². The number of rotatable bonds is 5. The lowest BCUT2D eigenvalue weighted by atomic mass is 9.94. The van der Waals surface area contributed by atoms with Crippen LogP contribution < -0.4 is 15.5 Å². The summed E-state index contributed by atoms with van der Waals surface area (Å²) >= 11 is 6.03. The summed E-state index contributed by atoms with van der Waals surface area (Å²) in [5, 5.41) is 7.00. The minimum absolute atomic E-state index is 0.0611. The monoisotopic (exact) mass is 309 g/mol. The van der Waals surface area contributed by atoms with Crippen LogP contribution in [0.5, 0.6) is 0 Å². The molecule has 0 radical (unpaired) electrons. The lowest BCUT2D eigenvalue weighted by molar-refractivity contribution is -0.116. The van der Waals surface area contributed by atoms with Gasteiger partial charge in [-0.1, -0.05) is 11.6 Å². The highest BCUT2D eigenvalue weighted by atomic mass is 35.5. The highest BCUT2D eigenvalue weighted by Gasteiger charge is 2.15. The summed E-state index contributed by atoms with van der Waals surface area (Å²) in [5.74, 6) is 0.683. The topological polar surface area (TPSA) is 44.4 Å². The Morgan fingerprint density at radius 1 is 1.48 bits per heavy atom. The van der Waals surface area contributed by atoms with E-state index in [1.165, 1.54) is 12.8 Å². The molecule has 0 saturated carbocycles. The zero-order valence-electron chi connectivity index (χ0n) is 12.8. The molecule has 0 aromatic heterocycles. The van der Waals surface area contributed by atoms with Crippen LogP contribution in [0.2, 0.25) is 5.02 Å². The van der Waals surface area contributed by atoms with Gasteiger partial charge in [-0.25, -0.2) is 0 Å². The molecule has 1 fully saturated rings. The number of hydrogen-bond acceptors (Lipinski definition) is 3. The normalized spacial score (nSPS) is 18.3. The molecule has 1 saturated heterocycles. The molecule has 4 nitrogen and oxygen atoms in total. The van der Waals surface area contributed by atoms with Crippen LogP contribution in [-0.2, 0) is 4.79 Å². The first-order chi connectivity index (χ1) is 10.1. The number of carbonyl (C=O) groups excluding carboxylic acids is 1. The summed E-state index contributed by atoms with van der Waals surface area (Å²) in [6.45, 7) is 2.14. The lowest BCUT2D eigenvalue weighted by Crippen LogP contribution is -2.30. The molecule has 0 aliphatic carbocycles. The smallest absolute Gasteiger partial charge is 0.224 e. The molecule has 1 heterocycles. The van der Waals surface area contributed by atoms with E-state index >= 15 is 0 Å². The van der Waals surface area contributed by atoms with Crippen LogP contribution in [0.25, 0.3) is 0 Å². The van der Waals surface area contributed by atoms with Gasteiger partial charge < -0.3 is 15.5 Å². The van der Waals surface area contributed by atoms with Gasteiger partial charge in [0.25, 0.3) is 0 Å². The van der Waals surface area contributed by atoms with Gasteiger partial charge in [0.2, 0.25) is 5.91 Å². The third kappa shape index (κ3) is 4.90. The molecule has 5 heteroatoms. The first-order valence-corrected chi connectivity index (χ1v) is 7.91. The van der Waals surface area contributed by atoms with Crippen molar-refractivity contribution in [2.75, 3.05) is 37.4 Å². The average Bonchev–Trinajstić information content (AvgIpc) is 2.46. The van der Waals surface area contributed by atoms with E-state index in [0.717, 1.165) is 30.9 Å². The van der Waals surface area contributed by atoms with Crippen molar-refractivity contribution in [3.63, 3.8) is 0 Å². The van der Waals surface area contributed by atoms with Crippen LogP contribution in [-0.4, -0.2) is 33.1 Å². The summed E-state index contributed by atoms with van der Waals surface area (Å²) in [7, 11) is 3.90. The molecular formula is C16H24ClN3O. The Morgan fingerprint density at radius 2 is 2.29 bits per heavy atom. The third-order valence-corrected chi connectivity index (χ3v) is 4.13. The first-order valence-electron chi connectivity index (χ1n) is 7.53. The molecule has 1 aromatic rings. The van der Waals surface area contributed by atoms with Crippen LogP contribution in [0.1, 0.15) is 25.7 Å². The maximum atomic E-state index is 12.1. The number of carbonyl (C=O) groups is 1. The molecule has 1 aliphatic heterocycles. The molecule has 2 N–H and O–H groups in total. The number of benzene rings is 1. The van der Waals surface area contributed by atoms with E-state index in [1.54, 1.807) is 6.07 Å². The number of amides is 1. The Labute approximate surface area is 131 Å². The molecule has 116 valence electrons. The summed E-state index contributed by atoms with van der Waals surface area (Å²) in [6.07, 6.45) is 3.94. The van der Waals surface area contributed by atoms with Crippen molar-refractivity contribution in [1.29, 1.82) is 0 Å². The quantitative estimate of drug-likeness (QED) is 0.878. The molecule has 2 rings (SSSR count).